The normalized spacial score (nSPS) is 13.9. The van der Waals surface area contributed by atoms with E-state index in [1.807, 2.05) is 50.2 Å². The molecule has 5 nitrogen and oxygen atoms in total. The summed E-state index contributed by atoms with van der Waals surface area (Å²) in [6, 6.07) is 11.4. The molecule has 1 aliphatic heterocycles. The molecule has 25 heavy (non-hydrogen) atoms. The molecule has 5 heteroatoms. The van der Waals surface area contributed by atoms with E-state index in [-0.39, 0.29) is 11.9 Å². The fourth-order valence-electron chi connectivity index (χ4n) is 2.94. The first kappa shape index (κ1) is 17.1. The van der Waals surface area contributed by atoms with Gasteiger partial charge in [0.2, 0.25) is 5.91 Å². The van der Waals surface area contributed by atoms with Crippen LogP contribution >= 0.6 is 0 Å². The van der Waals surface area contributed by atoms with Crippen molar-refractivity contribution in [2.75, 3.05) is 20.3 Å². The van der Waals surface area contributed by atoms with E-state index in [1.165, 1.54) is 0 Å². The Morgan fingerprint density at radius 3 is 2.64 bits per heavy atom. The van der Waals surface area contributed by atoms with E-state index in [2.05, 4.69) is 5.32 Å². The lowest BCUT2D eigenvalue weighted by atomic mass is 10.1. The van der Waals surface area contributed by atoms with Gasteiger partial charge in [0, 0.05) is 0 Å². The van der Waals surface area contributed by atoms with Gasteiger partial charge in [-0.3, -0.25) is 4.79 Å². The van der Waals surface area contributed by atoms with E-state index in [0.717, 1.165) is 33.9 Å². The van der Waals surface area contributed by atoms with Crippen LogP contribution in [0, 0.1) is 6.92 Å². The molecule has 0 aliphatic carbocycles. The Morgan fingerprint density at radius 1 is 1.16 bits per heavy atom. The molecule has 0 saturated heterocycles. The number of rotatable bonds is 5. The van der Waals surface area contributed by atoms with Crippen molar-refractivity contribution in [2.45, 2.75) is 26.3 Å². The molecule has 0 spiro atoms. The lowest BCUT2D eigenvalue weighted by molar-refractivity contribution is -0.121. The van der Waals surface area contributed by atoms with Crippen molar-refractivity contribution in [3.8, 4) is 17.2 Å². The van der Waals surface area contributed by atoms with Crippen LogP contribution in [0.1, 0.15) is 29.7 Å². The Kier molecular flexibility index (Phi) is 5.12. The smallest absolute Gasteiger partial charge is 0.224 e. The first-order valence-electron chi connectivity index (χ1n) is 8.39. The van der Waals surface area contributed by atoms with Crippen LogP contribution in [0.15, 0.2) is 36.4 Å². The molecule has 0 bridgehead atoms. The number of ether oxygens (including phenoxy) is 3. The van der Waals surface area contributed by atoms with Gasteiger partial charge in [0.1, 0.15) is 19.0 Å². The number of carbonyl (C=O) groups is 1. The summed E-state index contributed by atoms with van der Waals surface area (Å²) < 4.78 is 16.4. The quantitative estimate of drug-likeness (QED) is 0.907. The first-order valence-corrected chi connectivity index (χ1v) is 8.39. The van der Waals surface area contributed by atoms with Crippen LogP contribution in [0.3, 0.4) is 0 Å². The van der Waals surface area contributed by atoms with Gasteiger partial charge in [0.25, 0.3) is 0 Å². The molecule has 132 valence electrons. The van der Waals surface area contributed by atoms with Crippen LogP contribution in [0.2, 0.25) is 0 Å². The lowest BCUT2D eigenvalue weighted by Gasteiger charge is -2.21. The first-order chi connectivity index (χ1) is 12.1. The van der Waals surface area contributed by atoms with Gasteiger partial charge in [-0.25, -0.2) is 0 Å². The summed E-state index contributed by atoms with van der Waals surface area (Å²) in [5.41, 5.74) is 2.97. The maximum absolute atomic E-state index is 12.4. The van der Waals surface area contributed by atoms with Gasteiger partial charge in [-0.05, 0) is 48.7 Å². The Labute approximate surface area is 147 Å². The molecule has 1 atom stereocenters. The average Bonchev–Trinajstić information content (AvgIpc) is 2.61. The zero-order valence-electron chi connectivity index (χ0n) is 14.8. The number of carbonyl (C=O) groups excluding carboxylic acids is 1. The van der Waals surface area contributed by atoms with Crippen molar-refractivity contribution in [1.29, 1.82) is 0 Å². The largest absolute Gasteiger partial charge is 0.496 e. The number of fused-ring (bicyclic) bond motifs is 1. The topological polar surface area (TPSA) is 56.8 Å². The number of hydrogen-bond acceptors (Lipinski definition) is 4. The second-order valence-corrected chi connectivity index (χ2v) is 6.17. The van der Waals surface area contributed by atoms with Crippen molar-refractivity contribution < 1.29 is 19.0 Å². The fourth-order valence-corrected chi connectivity index (χ4v) is 2.94. The van der Waals surface area contributed by atoms with Gasteiger partial charge in [-0.1, -0.05) is 18.2 Å². The number of methoxy groups -OCH3 is 1. The van der Waals surface area contributed by atoms with Crippen molar-refractivity contribution in [1.82, 2.24) is 5.32 Å². The Hall–Kier alpha value is -2.69. The van der Waals surface area contributed by atoms with E-state index in [1.54, 1.807) is 7.11 Å². The predicted molar refractivity (Wildman–Crippen MR) is 95.4 cm³/mol. The standard InChI is InChI=1S/C20H23NO4/c1-13-10-15(4-6-17(13)23-3)11-20(22)21-14(2)16-5-7-18-19(12-16)25-9-8-24-18/h4-7,10,12,14H,8-9,11H2,1-3H3,(H,21,22). The summed E-state index contributed by atoms with van der Waals surface area (Å²) in [5, 5.41) is 3.03. The number of hydrogen-bond donors (Lipinski definition) is 1. The molecule has 3 rings (SSSR count). The van der Waals surface area contributed by atoms with E-state index in [0.29, 0.717) is 19.6 Å². The summed E-state index contributed by atoms with van der Waals surface area (Å²) in [5.74, 6) is 2.29. The summed E-state index contributed by atoms with van der Waals surface area (Å²) in [6.07, 6.45) is 0.333. The number of amides is 1. The molecule has 1 N–H and O–H groups in total. The van der Waals surface area contributed by atoms with Gasteiger partial charge in [-0.2, -0.15) is 0 Å². The average molecular weight is 341 g/mol. The Bertz CT molecular complexity index is 772. The highest BCUT2D eigenvalue weighted by Crippen LogP contribution is 2.32. The van der Waals surface area contributed by atoms with Crippen LogP contribution in [-0.4, -0.2) is 26.2 Å². The summed E-state index contributed by atoms with van der Waals surface area (Å²) in [4.78, 5) is 12.4. The Morgan fingerprint density at radius 2 is 1.92 bits per heavy atom. The SMILES string of the molecule is COc1ccc(CC(=O)NC(C)c2ccc3c(c2)OCCO3)cc1C. The van der Waals surface area contributed by atoms with Gasteiger partial charge < -0.3 is 19.5 Å². The highest BCUT2D eigenvalue weighted by Gasteiger charge is 2.16. The fraction of sp³-hybridized carbons (Fsp3) is 0.350. The van der Waals surface area contributed by atoms with Crippen molar-refractivity contribution >= 4 is 5.91 Å². The molecule has 0 aromatic heterocycles. The molecule has 1 unspecified atom stereocenters. The van der Waals surface area contributed by atoms with Crippen LogP contribution in [-0.2, 0) is 11.2 Å². The lowest BCUT2D eigenvalue weighted by Crippen LogP contribution is -2.28. The van der Waals surface area contributed by atoms with E-state index in [9.17, 15) is 4.79 Å². The minimum absolute atomic E-state index is 0.0213. The van der Waals surface area contributed by atoms with Gasteiger partial charge in [0.05, 0.1) is 19.6 Å². The second-order valence-electron chi connectivity index (χ2n) is 6.17. The summed E-state index contributed by atoms with van der Waals surface area (Å²) in [7, 11) is 1.64. The maximum Gasteiger partial charge on any atom is 0.224 e. The maximum atomic E-state index is 12.4. The van der Waals surface area contributed by atoms with Gasteiger partial charge in [0.15, 0.2) is 11.5 Å². The number of benzene rings is 2. The van der Waals surface area contributed by atoms with Crippen LogP contribution in [0.5, 0.6) is 17.2 Å². The number of aryl methyl sites for hydroxylation is 1. The van der Waals surface area contributed by atoms with Crippen LogP contribution < -0.4 is 19.5 Å². The predicted octanol–water partition coefficient (Wildman–Crippen LogP) is 3.19. The highest BCUT2D eigenvalue weighted by molar-refractivity contribution is 5.79. The Balaban J connectivity index is 1.63. The highest BCUT2D eigenvalue weighted by atomic mass is 16.6. The third-order valence-corrected chi connectivity index (χ3v) is 4.27. The third kappa shape index (κ3) is 4.05. The van der Waals surface area contributed by atoms with E-state index in [4.69, 9.17) is 14.2 Å². The summed E-state index contributed by atoms with van der Waals surface area (Å²) in [6.45, 7) is 5.05. The molecule has 2 aromatic carbocycles. The minimum Gasteiger partial charge on any atom is -0.496 e. The minimum atomic E-state index is -0.109. The zero-order valence-corrected chi connectivity index (χ0v) is 14.8. The monoisotopic (exact) mass is 341 g/mol. The molecular weight excluding hydrogens is 318 g/mol. The van der Waals surface area contributed by atoms with Crippen LogP contribution in [0.4, 0.5) is 0 Å². The molecular formula is C20H23NO4. The molecule has 0 saturated carbocycles. The van der Waals surface area contributed by atoms with Crippen LogP contribution in [0.25, 0.3) is 0 Å². The number of nitrogens with one attached hydrogen (secondary N) is 1. The van der Waals surface area contributed by atoms with Gasteiger partial charge in [-0.15, -0.1) is 0 Å². The van der Waals surface area contributed by atoms with E-state index >= 15 is 0 Å². The van der Waals surface area contributed by atoms with Crippen molar-refractivity contribution in [2.24, 2.45) is 0 Å². The van der Waals surface area contributed by atoms with E-state index < -0.39 is 0 Å². The van der Waals surface area contributed by atoms with Crippen molar-refractivity contribution in [3.63, 3.8) is 0 Å². The summed E-state index contributed by atoms with van der Waals surface area (Å²) >= 11 is 0. The molecule has 1 heterocycles. The second kappa shape index (κ2) is 7.47. The third-order valence-electron chi connectivity index (χ3n) is 4.27. The molecule has 0 fully saturated rings. The van der Waals surface area contributed by atoms with Gasteiger partial charge >= 0.3 is 0 Å². The molecule has 0 radical (unpaired) electrons. The molecule has 2 aromatic rings. The molecule has 1 amide bonds. The zero-order chi connectivity index (χ0) is 17.8. The van der Waals surface area contributed by atoms with Crippen molar-refractivity contribution in [3.05, 3.63) is 53.1 Å². The molecule has 1 aliphatic rings.